The van der Waals surface area contributed by atoms with Gasteiger partial charge in [0.1, 0.15) is 15.8 Å². The van der Waals surface area contributed by atoms with Gasteiger partial charge >= 0.3 is 0 Å². The van der Waals surface area contributed by atoms with Crippen molar-refractivity contribution in [3.8, 4) is 0 Å². The van der Waals surface area contributed by atoms with Crippen LogP contribution in [0.25, 0.3) is 11.7 Å². The first-order valence-corrected chi connectivity index (χ1v) is 12.6. The Balaban J connectivity index is 1.51. The minimum Gasteiger partial charge on any atom is -0.376 e. The Morgan fingerprint density at radius 1 is 1.26 bits per heavy atom. The predicted octanol–water partition coefficient (Wildman–Crippen LogP) is 1.78. The average Bonchev–Trinajstić information content (AvgIpc) is 3.45. The predicted molar refractivity (Wildman–Crippen MR) is 134 cm³/mol. The maximum atomic E-state index is 13.5. The van der Waals surface area contributed by atoms with Crippen molar-refractivity contribution in [2.75, 3.05) is 31.1 Å². The summed E-state index contributed by atoms with van der Waals surface area (Å²) in [7, 11) is 0. The number of anilines is 1. The van der Waals surface area contributed by atoms with E-state index >= 15 is 0 Å². The van der Waals surface area contributed by atoms with E-state index in [4.69, 9.17) is 27.7 Å². The molecule has 0 aliphatic carbocycles. The van der Waals surface area contributed by atoms with E-state index in [1.807, 2.05) is 11.0 Å². The summed E-state index contributed by atoms with van der Waals surface area (Å²) >= 11 is 6.66. The van der Waals surface area contributed by atoms with Crippen molar-refractivity contribution < 1.29 is 14.3 Å². The van der Waals surface area contributed by atoms with Gasteiger partial charge in [-0.25, -0.2) is 4.98 Å². The fraction of sp³-hybridized carbons (Fsp3) is 0.435. The summed E-state index contributed by atoms with van der Waals surface area (Å²) in [4.78, 5) is 47.0. The number of rotatable bonds is 5. The number of nitrogens with zero attached hydrogens (tertiary/aromatic N) is 4. The molecule has 34 heavy (non-hydrogen) atoms. The zero-order valence-electron chi connectivity index (χ0n) is 18.5. The van der Waals surface area contributed by atoms with Gasteiger partial charge < -0.3 is 15.4 Å². The molecule has 3 aliphatic heterocycles. The molecule has 2 aromatic heterocycles. The van der Waals surface area contributed by atoms with Gasteiger partial charge in [-0.1, -0.05) is 30.0 Å². The third-order valence-corrected chi connectivity index (χ3v) is 7.88. The van der Waals surface area contributed by atoms with E-state index in [1.165, 1.54) is 16.2 Å². The molecule has 9 nitrogen and oxygen atoms in total. The molecule has 0 aromatic carbocycles. The number of nitrogens with two attached hydrogens (primary N) is 1. The Hall–Kier alpha value is -2.76. The van der Waals surface area contributed by atoms with Crippen molar-refractivity contribution >= 4 is 57.7 Å². The molecule has 0 unspecified atom stereocenters. The zero-order chi connectivity index (χ0) is 23.8. The highest BCUT2D eigenvalue weighted by Gasteiger charge is 2.35. The first-order chi connectivity index (χ1) is 16.4. The molecular weight excluding hydrogens is 474 g/mol. The number of ether oxygens (including phenoxy) is 1. The van der Waals surface area contributed by atoms with Gasteiger partial charge in [0.25, 0.3) is 11.5 Å². The van der Waals surface area contributed by atoms with Crippen molar-refractivity contribution in [3.05, 3.63) is 45.2 Å². The van der Waals surface area contributed by atoms with Crippen LogP contribution in [0.1, 0.15) is 31.2 Å². The molecule has 11 heteroatoms. The lowest BCUT2D eigenvalue weighted by Gasteiger charge is -2.32. The monoisotopic (exact) mass is 499 g/mol. The van der Waals surface area contributed by atoms with Crippen LogP contribution in [0.5, 0.6) is 0 Å². The molecule has 1 atom stereocenters. The molecule has 2 aromatic rings. The highest BCUT2D eigenvalue weighted by atomic mass is 32.2. The van der Waals surface area contributed by atoms with E-state index in [2.05, 4.69) is 0 Å². The van der Waals surface area contributed by atoms with E-state index in [-0.39, 0.29) is 29.4 Å². The van der Waals surface area contributed by atoms with E-state index in [9.17, 15) is 14.4 Å². The highest BCUT2D eigenvalue weighted by molar-refractivity contribution is 8.26. The smallest absolute Gasteiger partial charge is 0.267 e. The molecule has 5 rings (SSSR count). The minimum atomic E-state index is -0.304. The highest BCUT2D eigenvalue weighted by Crippen LogP contribution is 2.35. The Bertz CT molecular complexity index is 1250. The van der Waals surface area contributed by atoms with Crippen molar-refractivity contribution in [1.29, 1.82) is 0 Å². The first-order valence-electron chi connectivity index (χ1n) is 11.3. The van der Waals surface area contributed by atoms with E-state index in [0.29, 0.717) is 65.3 Å². The van der Waals surface area contributed by atoms with Gasteiger partial charge in [-0.15, -0.1) is 0 Å². The number of thiocarbonyl (C=S) groups is 1. The number of hydrogen-bond donors (Lipinski definition) is 1. The van der Waals surface area contributed by atoms with Crippen LogP contribution in [0, 0.1) is 5.92 Å². The van der Waals surface area contributed by atoms with Gasteiger partial charge in [-0.3, -0.25) is 23.7 Å². The zero-order valence-corrected chi connectivity index (χ0v) is 20.1. The SMILES string of the molecule is NC(=O)C1CCN(c2nc3ccccn3c(=O)c2/C=C2\SC(=S)N(C[C@@H]3CCCO3)C2=O)CC1. The Kier molecular flexibility index (Phi) is 6.41. The number of piperidine rings is 1. The van der Waals surface area contributed by atoms with Crippen molar-refractivity contribution in [2.45, 2.75) is 31.8 Å². The molecule has 0 spiro atoms. The summed E-state index contributed by atoms with van der Waals surface area (Å²) < 4.78 is 7.60. The Morgan fingerprint density at radius 2 is 2.06 bits per heavy atom. The van der Waals surface area contributed by atoms with Gasteiger partial charge in [0.05, 0.1) is 23.1 Å². The number of aromatic nitrogens is 2. The lowest BCUT2D eigenvalue weighted by Crippen LogP contribution is -2.40. The molecule has 0 radical (unpaired) electrons. The van der Waals surface area contributed by atoms with Crippen molar-refractivity contribution in [2.24, 2.45) is 11.7 Å². The van der Waals surface area contributed by atoms with Crippen LogP contribution in [0.2, 0.25) is 0 Å². The second-order valence-corrected chi connectivity index (χ2v) is 10.3. The van der Waals surface area contributed by atoms with Crippen LogP contribution < -0.4 is 16.2 Å². The molecule has 5 heterocycles. The van der Waals surface area contributed by atoms with Gasteiger partial charge in [-0.05, 0) is 43.9 Å². The number of hydrogen-bond acceptors (Lipinski definition) is 8. The topological polar surface area (TPSA) is 110 Å². The molecule has 2 amide bonds. The van der Waals surface area contributed by atoms with E-state index < -0.39 is 0 Å². The molecule has 2 N–H and O–H groups in total. The van der Waals surface area contributed by atoms with Crippen LogP contribution in [0.3, 0.4) is 0 Å². The number of carbonyl (C=O) groups is 2. The maximum absolute atomic E-state index is 13.5. The summed E-state index contributed by atoms with van der Waals surface area (Å²) in [6.07, 6.45) is 6.31. The third-order valence-electron chi connectivity index (χ3n) is 6.51. The standard InChI is InChI=1S/C23H25N5O4S2/c24-19(29)14-6-9-26(10-7-14)20-16(21(30)27-8-2-1-5-18(27)25-20)12-17-22(31)28(23(33)34-17)13-15-4-3-11-32-15/h1-2,5,8,12,14-15H,3-4,6-7,9-11,13H2,(H2,24,29)/b17-12-/t15-/m0/s1. The summed E-state index contributed by atoms with van der Waals surface area (Å²) in [5.41, 5.74) is 6.07. The van der Waals surface area contributed by atoms with Crippen LogP contribution in [-0.4, -0.2) is 62.8 Å². The molecule has 178 valence electrons. The molecule has 3 fully saturated rings. The Morgan fingerprint density at radius 3 is 2.76 bits per heavy atom. The second-order valence-electron chi connectivity index (χ2n) is 8.67. The number of thioether (sulfide) groups is 1. The number of amides is 2. The van der Waals surface area contributed by atoms with Crippen LogP contribution >= 0.6 is 24.0 Å². The number of pyridine rings is 1. The van der Waals surface area contributed by atoms with Crippen LogP contribution in [0.15, 0.2) is 34.1 Å². The van der Waals surface area contributed by atoms with Gasteiger partial charge in [0.15, 0.2) is 0 Å². The first kappa shape index (κ1) is 23.0. The van der Waals surface area contributed by atoms with Crippen molar-refractivity contribution in [3.63, 3.8) is 0 Å². The number of carbonyl (C=O) groups excluding carboxylic acids is 2. The summed E-state index contributed by atoms with van der Waals surface area (Å²) in [6, 6.07) is 5.35. The lowest BCUT2D eigenvalue weighted by atomic mass is 9.96. The molecule has 3 aliphatic rings. The maximum Gasteiger partial charge on any atom is 0.267 e. The second kappa shape index (κ2) is 9.47. The summed E-state index contributed by atoms with van der Waals surface area (Å²) in [6.45, 7) is 2.21. The lowest BCUT2D eigenvalue weighted by molar-refractivity contribution is -0.123. The summed E-state index contributed by atoms with van der Waals surface area (Å²) in [5, 5.41) is 0. The van der Waals surface area contributed by atoms with Crippen LogP contribution in [0.4, 0.5) is 5.82 Å². The quantitative estimate of drug-likeness (QED) is 0.490. The average molecular weight is 500 g/mol. The fourth-order valence-electron chi connectivity index (χ4n) is 4.61. The van der Waals surface area contributed by atoms with E-state index in [0.717, 1.165) is 12.8 Å². The molecule has 0 bridgehead atoms. The van der Waals surface area contributed by atoms with Crippen LogP contribution in [-0.2, 0) is 14.3 Å². The number of primary amides is 1. The van der Waals surface area contributed by atoms with Gasteiger partial charge in [-0.2, -0.15) is 0 Å². The minimum absolute atomic E-state index is 0.0167. The molecule has 3 saturated heterocycles. The van der Waals surface area contributed by atoms with Gasteiger partial charge in [0, 0.05) is 31.8 Å². The third kappa shape index (κ3) is 4.35. The number of fused-ring (bicyclic) bond motifs is 1. The normalized spacial score (nSPS) is 22.9. The van der Waals surface area contributed by atoms with Gasteiger partial charge in [0.2, 0.25) is 5.91 Å². The van der Waals surface area contributed by atoms with E-state index in [1.54, 1.807) is 29.3 Å². The Labute approximate surface area is 205 Å². The fourth-order valence-corrected chi connectivity index (χ4v) is 5.87. The summed E-state index contributed by atoms with van der Waals surface area (Å²) in [5.74, 6) is -0.207. The largest absolute Gasteiger partial charge is 0.376 e. The molecule has 0 saturated carbocycles. The van der Waals surface area contributed by atoms with Crippen molar-refractivity contribution in [1.82, 2.24) is 14.3 Å². The molecular formula is C23H25N5O4S2.